The van der Waals surface area contributed by atoms with Gasteiger partial charge in [0, 0.05) is 37.0 Å². The van der Waals surface area contributed by atoms with E-state index in [9.17, 15) is 16.8 Å². The second kappa shape index (κ2) is 6.65. The van der Waals surface area contributed by atoms with Crippen LogP contribution in [-0.2, 0) is 26.3 Å². The predicted octanol–water partition coefficient (Wildman–Crippen LogP) is 1.82. The van der Waals surface area contributed by atoms with Gasteiger partial charge in [-0.1, -0.05) is 18.2 Å². The van der Waals surface area contributed by atoms with Crippen molar-refractivity contribution in [1.82, 2.24) is 13.9 Å². The van der Waals surface area contributed by atoms with E-state index in [2.05, 4.69) is 9.97 Å². The van der Waals surface area contributed by atoms with E-state index in [4.69, 9.17) is 0 Å². The number of nitrogens with zero attached hydrogens (tertiary/aromatic N) is 3. The topological polar surface area (TPSA) is 99.0 Å². The Morgan fingerprint density at radius 2 is 1.58 bits per heavy atom. The minimum Gasteiger partial charge on any atom is -0.246 e. The molecule has 0 bridgehead atoms. The molecular weight excluding hydrogens is 374 g/mol. The number of aryl methyl sites for hydroxylation is 1. The minimum absolute atomic E-state index is 0.214. The van der Waals surface area contributed by atoms with Crippen LogP contribution < -0.4 is 0 Å². The molecule has 0 saturated heterocycles. The molecular formula is C17H17N3O4S2. The van der Waals surface area contributed by atoms with Gasteiger partial charge in [0.2, 0.25) is 15.0 Å². The monoisotopic (exact) mass is 391 g/mol. The molecule has 2 aromatic heterocycles. The highest BCUT2D eigenvalue weighted by Gasteiger charge is 2.19. The number of rotatable bonds is 5. The standard InChI is InChI=1S/C17H17N3O4S2/c1-13-8-14(9-15-10-18-17(19-11-15)25(2,21)22)12-20(13)26(23,24)16-6-4-3-5-7-16/h3-8,10-12H,9H2,1-2H3. The molecule has 0 aliphatic rings. The van der Waals surface area contributed by atoms with Gasteiger partial charge >= 0.3 is 0 Å². The minimum atomic E-state index is -3.66. The Kier molecular flexibility index (Phi) is 4.68. The molecule has 136 valence electrons. The number of hydrogen-bond donors (Lipinski definition) is 0. The van der Waals surface area contributed by atoms with Crippen molar-refractivity contribution >= 4 is 19.9 Å². The molecule has 3 aromatic rings. The van der Waals surface area contributed by atoms with Gasteiger partial charge in [-0.15, -0.1) is 0 Å². The summed E-state index contributed by atoms with van der Waals surface area (Å²) in [6.45, 7) is 1.72. The first-order valence-corrected chi connectivity index (χ1v) is 11.0. The van der Waals surface area contributed by atoms with Crippen molar-refractivity contribution in [2.24, 2.45) is 0 Å². The molecule has 0 spiro atoms. The molecule has 9 heteroatoms. The molecule has 0 radical (unpaired) electrons. The summed E-state index contributed by atoms with van der Waals surface area (Å²) >= 11 is 0. The number of benzene rings is 1. The van der Waals surface area contributed by atoms with E-state index in [1.54, 1.807) is 49.5 Å². The fourth-order valence-electron chi connectivity index (χ4n) is 2.54. The highest BCUT2D eigenvalue weighted by Crippen LogP contribution is 2.20. The Bertz CT molecular complexity index is 1130. The van der Waals surface area contributed by atoms with Crippen molar-refractivity contribution in [1.29, 1.82) is 0 Å². The van der Waals surface area contributed by atoms with Crippen molar-refractivity contribution < 1.29 is 16.8 Å². The van der Waals surface area contributed by atoms with Gasteiger partial charge in [-0.25, -0.2) is 30.8 Å². The molecule has 1 aromatic carbocycles. The maximum absolute atomic E-state index is 12.7. The summed E-state index contributed by atoms with van der Waals surface area (Å²) in [7, 11) is -7.11. The van der Waals surface area contributed by atoms with Crippen LogP contribution in [0.1, 0.15) is 16.8 Å². The van der Waals surface area contributed by atoms with Crippen LogP contribution in [0.15, 0.2) is 65.0 Å². The second-order valence-corrected chi connectivity index (χ2v) is 9.65. The SMILES string of the molecule is Cc1cc(Cc2cnc(S(C)(=O)=O)nc2)cn1S(=O)(=O)c1ccccc1. The molecule has 3 rings (SSSR count). The molecule has 0 fully saturated rings. The lowest BCUT2D eigenvalue weighted by atomic mass is 10.1. The van der Waals surface area contributed by atoms with E-state index in [1.165, 1.54) is 16.4 Å². The third kappa shape index (κ3) is 3.68. The van der Waals surface area contributed by atoms with Gasteiger partial charge in [-0.2, -0.15) is 0 Å². The molecule has 0 unspecified atom stereocenters. The largest absolute Gasteiger partial charge is 0.267 e. The highest BCUT2D eigenvalue weighted by molar-refractivity contribution is 7.90. The van der Waals surface area contributed by atoms with Crippen molar-refractivity contribution in [2.45, 2.75) is 23.4 Å². The van der Waals surface area contributed by atoms with Gasteiger partial charge in [0.1, 0.15) is 0 Å². The maximum atomic E-state index is 12.7. The molecule has 0 saturated carbocycles. The fraction of sp³-hybridized carbons (Fsp3) is 0.176. The molecule has 0 amide bonds. The van der Waals surface area contributed by atoms with Gasteiger partial charge in [-0.3, -0.25) is 0 Å². The fourth-order valence-corrected chi connectivity index (χ4v) is 4.47. The zero-order valence-corrected chi connectivity index (χ0v) is 15.8. The maximum Gasteiger partial charge on any atom is 0.267 e. The van der Waals surface area contributed by atoms with Crippen LogP contribution >= 0.6 is 0 Å². The Balaban J connectivity index is 1.89. The van der Waals surface area contributed by atoms with Gasteiger partial charge in [0.05, 0.1) is 4.90 Å². The summed E-state index contributed by atoms with van der Waals surface area (Å²) in [4.78, 5) is 7.91. The summed E-state index contributed by atoms with van der Waals surface area (Å²) in [5.74, 6) is 0. The first kappa shape index (κ1) is 18.3. The van der Waals surface area contributed by atoms with Crippen LogP contribution in [0.3, 0.4) is 0 Å². The Hall–Kier alpha value is -2.52. The molecule has 2 heterocycles. The van der Waals surface area contributed by atoms with Gasteiger partial charge in [0.15, 0.2) is 0 Å². The van der Waals surface area contributed by atoms with Gasteiger partial charge < -0.3 is 0 Å². The number of sulfone groups is 1. The quantitative estimate of drug-likeness (QED) is 0.615. The lowest BCUT2D eigenvalue weighted by Gasteiger charge is -2.07. The Morgan fingerprint density at radius 1 is 0.962 bits per heavy atom. The first-order chi connectivity index (χ1) is 12.2. The van der Waals surface area contributed by atoms with Crippen LogP contribution in [0, 0.1) is 6.92 Å². The Labute approximate surface area is 152 Å². The van der Waals surface area contributed by atoms with Gasteiger partial charge in [-0.05, 0) is 36.2 Å². The molecule has 0 N–H and O–H groups in total. The van der Waals surface area contributed by atoms with Crippen LogP contribution in [0.2, 0.25) is 0 Å². The zero-order valence-electron chi connectivity index (χ0n) is 14.2. The van der Waals surface area contributed by atoms with E-state index in [0.29, 0.717) is 17.7 Å². The smallest absolute Gasteiger partial charge is 0.246 e. The zero-order chi connectivity index (χ0) is 18.9. The van der Waals surface area contributed by atoms with E-state index in [0.717, 1.165) is 11.8 Å². The summed E-state index contributed by atoms with van der Waals surface area (Å²) in [6.07, 6.45) is 5.85. The lowest BCUT2D eigenvalue weighted by molar-refractivity contribution is 0.585. The van der Waals surface area contributed by atoms with Crippen LogP contribution in [-0.4, -0.2) is 37.0 Å². The molecule has 26 heavy (non-hydrogen) atoms. The predicted molar refractivity (Wildman–Crippen MR) is 96.1 cm³/mol. The summed E-state index contributed by atoms with van der Waals surface area (Å²) in [5.41, 5.74) is 2.03. The average Bonchev–Trinajstić information content (AvgIpc) is 2.96. The first-order valence-electron chi connectivity index (χ1n) is 7.67. The normalized spacial score (nSPS) is 12.2. The molecule has 0 atom stereocenters. The third-order valence-electron chi connectivity index (χ3n) is 3.75. The number of aromatic nitrogens is 3. The van der Waals surface area contributed by atoms with Crippen LogP contribution in [0.4, 0.5) is 0 Å². The molecule has 0 aliphatic carbocycles. The van der Waals surface area contributed by atoms with Crippen molar-refractivity contribution in [3.63, 3.8) is 0 Å². The van der Waals surface area contributed by atoms with E-state index < -0.39 is 19.9 Å². The van der Waals surface area contributed by atoms with E-state index >= 15 is 0 Å². The van der Waals surface area contributed by atoms with Crippen molar-refractivity contribution in [2.75, 3.05) is 6.26 Å². The number of hydrogen-bond acceptors (Lipinski definition) is 6. The van der Waals surface area contributed by atoms with Crippen LogP contribution in [0.5, 0.6) is 0 Å². The summed E-state index contributed by atoms with van der Waals surface area (Å²) < 4.78 is 49.5. The van der Waals surface area contributed by atoms with E-state index in [-0.39, 0.29) is 10.1 Å². The Morgan fingerprint density at radius 3 is 2.15 bits per heavy atom. The summed E-state index contributed by atoms with van der Waals surface area (Å²) in [6, 6.07) is 9.97. The third-order valence-corrected chi connectivity index (χ3v) is 6.40. The molecule has 0 aliphatic heterocycles. The van der Waals surface area contributed by atoms with Gasteiger partial charge in [0.25, 0.3) is 10.0 Å². The second-order valence-electron chi connectivity index (χ2n) is 5.93. The van der Waals surface area contributed by atoms with E-state index in [1.807, 2.05) is 0 Å². The lowest BCUT2D eigenvalue weighted by Crippen LogP contribution is -2.13. The van der Waals surface area contributed by atoms with Crippen LogP contribution in [0.25, 0.3) is 0 Å². The highest BCUT2D eigenvalue weighted by atomic mass is 32.2. The summed E-state index contributed by atoms with van der Waals surface area (Å²) in [5, 5.41) is -0.235. The van der Waals surface area contributed by atoms with Crippen molar-refractivity contribution in [3.8, 4) is 0 Å². The average molecular weight is 391 g/mol. The van der Waals surface area contributed by atoms with Crippen molar-refractivity contribution in [3.05, 3.63) is 71.8 Å². The molecule has 7 nitrogen and oxygen atoms in total.